The Kier molecular flexibility index (Phi) is 6.77. The van der Waals surface area contributed by atoms with Crippen molar-refractivity contribution in [1.29, 1.82) is 0 Å². The zero-order valence-corrected chi connectivity index (χ0v) is 15.0. The summed E-state index contributed by atoms with van der Waals surface area (Å²) in [6, 6.07) is 11.0. The van der Waals surface area contributed by atoms with E-state index in [1.165, 1.54) is 24.1 Å². The zero-order chi connectivity index (χ0) is 15.9. The van der Waals surface area contributed by atoms with Crippen molar-refractivity contribution in [1.82, 2.24) is 5.01 Å². The second kappa shape index (κ2) is 8.59. The molecule has 0 bridgehead atoms. The van der Waals surface area contributed by atoms with Gasteiger partial charge in [-0.2, -0.15) is 5.10 Å². The van der Waals surface area contributed by atoms with Crippen LogP contribution in [0.15, 0.2) is 35.4 Å². The number of ether oxygens (including phenoxy) is 1. The molecule has 1 aliphatic heterocycles. The van der Waals surface area contributed by atoms with Crippen molar-refractivity contribution in [2.45, 2.75) is 50.2 Å². The Labute approximate surface area is 139 Å². The summed E-state index contributed by atoms with van der Waals surface area (Å²) in [5.41, 5.74) is 2.41. The smallest absolute Gasteiger partial charge is 0.0804 e. The predicted molar refractivity (Wildman–Crippen MR) is 96.8 cm³/mol. The van der Waals surface area contributed by atoms with Crippen LogP contribution in [0, 0.1) is 0 Å². The van der Waals surface area contributed by atoms with Crippen LogP contribution in [0.3, 0.4) is 0 Å². The highest BCUT2D eigenvalue weighted by molar-refractivity contribution is 8.01. The Morgan fingerprint density at radius 1 is 1.32 bits per heavy atom. The Morgan fingerprint density at radius 2 is 2.05 bits per heavy atom. The van der Waals surface area contributed by atoms with Crippen LogP contribution in [0.5, 0.6) is 0 Å². The van der Waals surface area contributed by atoms with Crippen LogP contribution in [-0.4, -0.2) is 47.5 Å². The van der Waals surface area contributed by atoms with Crippen LogP contribution in [-0.2, 0) is 4.74 Å². The van der Waals surface area contributed by atoms with Gasteiger partial charge in [0.05, 0.1) is 18.4 Å². The molecule has 1 aromatic carbocycles. The van der Waals surface area contributed by atoms with Crippen LogP contribution in [0.4, 0.5) is 0 Å². The predicted octanol–water partition coefficient (Wildman–Crippen LogP) is 4.03. The number of hydrogen-bond donors (Lipinski definition) is 0. The molecule has 0 aromatic heterocycles. The number of hydrazone groups is 1. The van der Waals surface area contributed by atoms with Gasteiger partial charge in [0, 0.05) is 18.9 Å². The molecule has 22 heavy (non-hydrogen) atoms. The van der Waals surface area contributed by atoms with Crippen LogP contribution >= 0.6 is 11.8 Å². The summed E-state index contributed by atoms with van der Waals surface area (Å²) in [5, 5.41) is 8.26. The highest BCUT2D eigenvalue weighted by atomic mass is 32.2. The number of thioether (sulfide) groups is 1. The maximum atomic E-state index is 5.35. The summed E-state index contributed by atoms with van der Waals surface area (Å²) in [5.74, 6) is 0. The summed E-state index contributed by atoms with van der Waals surface area (Å²) in [6.45, 7) is 8.54. The molecule has 0 N–H and O–H groups in total. The second-order valence-electron chi connectivity index (χ2n) is 6.09. The van der Waals surface area contributed by atoms with Crippen molar-refractivity contribution in [2.75, 3.05) is 20.3 Å². The van der Waals surface area contributed by atoms with E-state index in [9.17, 15) is 0 Å². The molecule has 0 amide bonds. The fraction of sp³-hybridized carbons (Fsp3) is 0.611. The van der Waals surface area contributed by atoms with Crippen molar-refractivity contribution in [3.8, 4) is 0 Å². The lowest BCUT2D eigenvalue weighted by molar-refractivity contribution is 0.118. The van der Waals surface area contributed by atoms with Gasteiger partial charge in [-0.3, -0.25) is 5.01 Å². The van der Waals surface area contributed by atoms with E-state index in [1.807, 2.05) is 11.8 Å². The Balaban J connectivity index is 2.25. The van der Waals surface area contributed by atoms with Gasteiger partial charge in [0.15, 0.2) is 0 Å². The van der Waals surface area contributed by atoms with E-state index >= 15 is 0 Å². The lowest BCUT2D eigenvalue weighted by Crippen LogP contribution is -2.31. The summed E-state index contributed by atoms with van der Waals surface area (Å²) in [6.07, 6.45) is 2.37. The average molecular weight is 321 g/mol. The molecule has 4 heteroatoms. The molecule has 122 valence electrons. The van der Waals surface area contributed by atoms with Gasteiger partial charge in [-0.25, -0.2) is 0 Å². The van der Waals surface area contributed by atoms with Gasteiger partial charge < -0.3 is 4.74 Å². The Bertz CT molecular complexity index is 475. The van der Waals surface area contributed by atoms with Crippen LogP contribution in [0.1, 0.15) is 39.2 Å². The maximum absolute atomic E-state index is 5.35. The molecule has 1 fully saturated rings. The Morgan fingerprint density at radius 3 is 2.68 bits per heavy atom. The van der Waals surface area contributed by atoms with E-state index in [4.69, 9.17) is 9.84 Å². The first kappa shape index (κ1) is 17.4. The van der Waals surface area contributed by atoms with E-state index in [2.05, 4.69) is 56.1 Å². The van der Waals surface area contributed by atoms with Crippen molar-refractivity contribution in [2.24, 2.45) is 5.10 Å². The summed E-state index contributed by atoms with van der Waals surface area (Å²) < 4.78 is 5.35. The maximum Gasteiger partial charge on any atom is 0.0804 e. The minimum Gasteiger partial charge on any atom is -0.382 e. The molecular formula is C18H28N2OS. The largest absolute Gasteiger partial charge is 0.382 e. The van der Waals surface area contributed by atoms with Gasteiger partial charge in [-0.15, -0.1) is 11.8 Å². The van der Waals surface area contributed by atoms with E-state index < -0.39 is 0 Å². The number of hydrogen-bond acceptors (Lipinski definition) is 4. The standard InChI is InChI=1S/C18H28N2OS/c1-14(2)22-15(3)18(16-9-6-5-7-10-16)19-20-12-8-11-17(20)13-21-4/h5-7,9-10,14-15,17H,8,11-13H2,1-4H3/t15-,17+/m1/s1. The summed E-state index contributed by atoms with van der Waals surface area (Å²) in [7, 11) is 1.77. The number of benzene rings is 1. The molecule has 1 saturated heterocycles. The van der Waals surface area contributed by atoms with Gasteiger partial charge in [0.25, 0.3) is 0 Å². The number of rotatable bonds is 7. The molecule has 2 rings (SSSR count). The molecule has 1 aromatic rings. The first-order valence-corrected chi connectivity index (χ1v) is 9.11. The third kappa shape index (κ3) is 4.75. The monoisotopic (exact) mass is 320 g/mol. The quantitative estimate of drug-likeness (QED) is 0.709. The van der Waals surface area contributed by atoms with Gasteiger partial charge >= 0.3 is 0 Å². The molecule has 2 atom stereocenters. The minimum atomic E-state index is 0.381. The molecule has 0 aliphatic carbocycles. The number of nitrogens with zero attached hydrogens (tertiary/aromatic N) is 2. The SMILES string of the molecule is COC[C@@H]1CCCN1N=C(c1ccccc1)[C@@H](C)SC(C)C. The molecular weight excluding hydrogens is 292 g/mol. The fourth-order valence-electron chi connectivity index (χ4n) is 2.91. The summed E-state index contributed by atoms with van der Waals surface area (Å²) >= 11 is 1.97. The highest BCUT2D eigenvalue weighted by Gasteiger charge is 2.25. The molecule has 3 nitrogen and oxygen atoms in total. The lowest BCUT2D eigenvalue weighted by atomic mass is 10.1. The van der Waals surface area contributed by atoms with Gasteiger partial charge in [-0.1, -0.05) is 44.2 Å². The lowest BCUT2D eigenvalue weighted by Gasteiger charge is -2.25. The van der Waals surface area contributed by atoms with Crippen molar-refractivity contribution in [3.63, 3.8) is 0 Å². The van der Waals surface area contributed by atoms with Crippen LogP contribution in [0.2, 0.25) is 0 Å². The molecule has 0 spiro atoms. The second-order valence-corrected chi connectivity index (χ2v) is 8.01. The number of methoxy groups -OCH3 is 1. The molecule has 0 unspecified atom stereocenters. The average Bonchev–Trinajstić information content (AvgIpc) is 2.92. The molecule has 1 heterocycles. The van der Waals surface area contributed by atoms with Gasteiger partial charge in [0.2, 0.25) is 0 Å². The van der Waals surface area contributed by atoms with Crippen molar-refractivity contribution >= 4 is 17.5 Å². The molecule has 0 radical (unpaired) electrons. The van der Waals surface area contributed by atoms with Gasteiger partial charge in [-0.05, 0) is 30.6 Å². The topological polar surface area (TPSA) is 24.8 Å². The highest BCUT2D eigenvalue weighted by Crippen LogP contribution is 2.24. The fourth-order valence-corrected chi connectivity index (χ4v) is 4.04. The third-order valence-corrected chi connectivity index (χ3v) is 5.05. The van der Waals surface area contributed by atoms with E-state index in [1.54, 1.807) is 7.11 Å². The first-order valence-electron chi connectivity index (χ1n) is 8.16. The normalized spacial score (nSPS) is 20.7. The summed E-state index contributed by atoms with van der Waals surface area (Å²) in [4.78, 5) is 0. The molecule has 1 aliphatic rings. The van der Waals surface area contributed by atoms with E-state index in [0.717, 1.165) is 13.2 Å². The first-order chi connectivity index (χ1) is 10.6. The van der Waals surface area contributed by atoms with Crippen molar-refractivity contribution < 1.29 is 4.74 Å². The minimum absolute atomic E-state index is 0.381. The Hall–Kier alpha value is -1.00. The third-order valence-electron chi connectivity index (χ3n) is 3.87. The van der Waals surface area contributed by atoms with E-state index in [-0.39, 0.29) is 0 Å². The van der Waals surface area contributed by atoms with Crippen molar-refractivity contribution in [3.05, 3.63) is 35.9 Å². The van der Waals surface area contributed by atoms with Crippen LogP contribution in [0.25, 0.3) is 0 Å². The van der Waals surface area contributed by atoms with Crippen LogP contribution < -0.4 is 0 Å². The molecule has 0 saturated carbocycles. The zero-order valence-electron chi connectivity index (χ0n) is 14.2. The van der Waals surface area contributed by atoms with E-state index in [0.29, 0.717) is 16.5 Å². The van der Waals surface area contributed by atoms with Gasteiger partial charge in [0.1, 0.15) is 0 Å².